The Bertz CT molecular complexity index is 241. The zero-order chi connectivity index (χ0) is 10.4. The SMILES string of the molecule is C=C(C(=O)OCC)C1CC=CCCC1. The van der Waals surface area contributed by atoms with Gasteiger partial charge in [-0.1, -0.05) is 18.7 Å². The summed E-state index contributed by atoms with van der Waals surface area (Å²) < 4.78 is 4.94. The molecule has 0 aromatic rings. The molecule has 0 aromatic heterocycles. The van der Waals surface area contributed by atoms with Crippen molar-refractivity contribution in [2.24, 2.45) is 5.92 Å². The van der Waals surface area contributed by atoms with E-state index in [0.29, 0.717) is 12.2 Å². The minimum absolute atomic E-state index is 0.229. The molecule has 1 rings (SSSR count). The molecule has 14 heavy (non-hydrogen) atoms. The first kappa shape index (κ1) is 11.0. The summed E-state index contributed by atoms with van der Waals surface area (Å²) in [6, 6.07) is 0. The molecule has 1 aliphatic rings. The van der Waals surface area contributed by atoms with Crippen molar-refractivity contribution >= 4 is 5.97 Å². The van der Waals surface area contributed by atoms with E-state index < -0.39 is 0 Å². The molecule has 1 unspecified atom stereocenters. The van der Waals surface area contributed by atoms with Gasteiger partial charge in [0, 0.05) is 5.57 Å². The third-order valence-corrected chi connectivity index (χ3v) is 2.54. The fourth-order valence-electron chi connectivity index (χ4n) is 1.69. The molecule has 1 aliphatic carbocycles. The molecule has 0 aromatic carbocycles. The summed E-state index contributed by atoms with van der Waals surface area (Å²) in [7, 11) is 0. The van der Waals surface area contributed by atoms with Crippen LogP contribution >= 0.6 is 0 Å². The van der Waals surface area contributed by atoms with E-state index in [1.807, 2.05) is 6.92 Å². The van der Waals surface area contributed by atoms with Crippen LogP contribution in [0.5, 0.6) is 0 Å². The van der Waals surface area contributed by atoms with Gasteiger partial charge in [-0.15, -0.1) is 0 Å². The first-order valence-corrected chi connectivity index (χ1v) is 5.26. The van der Waals surface area contributed by atoms with Gasteiger partial charge in [0.25, 0.3) is 0 Å². The minimum Gasteiger partial charge on any atom is -0.463 e. The number of hydrogen-bond donors (Lipinski definition) is 0. The molecule has 2 nitrogen and oxygen atoms in total. The van der Waals surface area contributed by atoms with Gasteiger partial charge in [-0.25, -0.2) is 4.79 Å². The molecule has 0 heterocycles. The molecular formula is C12H18O2. The van der Waals surface area contributed by atoms with E-state index in [1.165, 1.54) is 0 Å². The number of rotatable bonds is 3. The molecular weight excluding hydrogens is 176 g/mol. The standard InChI is InChI=1S/C12H18O2/c1-3-14-12(13)10(2)11-8-6-4-5-7-9-11/h4,6,11H,2-3,5,7-9H2,1H3. The number of allylic oxidation sites excluding steroid dienone is 2. The van der Waals surface area contributed by atoms with Crippen LogP contribution in [0.3, 0.4) is 0 Å². The Morgan fingerprint density at radius 1 is 1.57 bits per heavy atom. The molecule has 0 bridgehead atoms. The van der Waals surface area contributed by atoms with Crippen molar-refractivity contribution in [1.29, 1.82) is 0 Å². The van der Waals surface area contributed by atoms with Crippen LogP contribution in [0.2, 0.25) is 0 Å². The Labute approximate surface area is 85.6 Å². The second-order valence-corrected chi connectivity index (χ2v) is 3.58. The van der Waals surface area contributed by atoms with Crippen LogP contribution in [0, 0.1) is 5.92 Å². The van der Waals surface area contributed by atoms with E-state index in [2.05, 4.69) is 18.7 Å². The van der Waals surface area contributed by atoms with Crippen molar-refractivity contribution in [3.63, 3.8) is 0 Å². The maximum absolute atomic E-state index is 11.4. The maximum Gasteiger partial charge on any atom is 0.333 e. The van der Waals surface area contributed by atoms with E-state index in [-0.39, 0.29) is 11.9 Å². The monoisotopic (exact) mass is 194 g/mol. The van der Waals surface area contributed by atoms with Crippen molar-refractivity contribution < 1.29 is 9.53 Å². The van der Waals surface area contributed by atoms with Crippen molar-refractivity contribution in [2.75, 3.05) is 6.61 Å². The maximum atomic E-state index is 11.4. The summed E-state index contributed by atoms with van der Waals surface area (Å²) in [5.74, 6) is 0.0561. The van der Waals surface area contributed by atoms with Gasteiger partial charge >= 0.3 is 5.97 Å². The fourth-order valence-corrected chi connectivity index (χ4v) is 1.69. The van der Waals surface area contributed by atoms with Crippen molar-refractivity contribution in [2.45, 2.75) is 32.6 Å². The highest BCUT2D eigenvalue weighted by atomic mass is 16.5. The summed E-state index contributed by atoms with van der Waals surface area (Å²) in [4.78, 5) is 11.4. The van der Waals surface area contributed by atoms with Gasteiger partial charge in [0.2, 0.25) is 0 Å². The van der Waals surface area contributed by atoms with Crippen LogP contribution in [0.25, 0.3) is 0 Å². The molecule has 1 atom stereocenters. The van der Waals surface area contributed by atoms with Crippen LogP contribution in [-0.4, -0.2) is 12.6 Å². The quantitative estimate of drug-likeness (QED) is 0.392. The molecule has 0 saturated heterocycles. The lowest BCUT2D eigenvalue weighted by Crippen LogP contribution is -2.14. The van der Waals surface area contributed by atoms with Gasteiger partial charge < -0.3 is 4.74 Å². The molecule has 0 radical (unpaired) electrons. The van der Waals surface area contributed by atoms with Crippen molar-refractivity contribution in [1.82, 2.24) is 0 Å². The molecule has 0 spiro atoms. The highest BCUT2D eigenvalue weighted by Crippen LogP contribution is 2.25. The Balaban J connectivity index is 2.50. The normalized spacial score (nSPS) is 21.4. The summed E-state index contributed by atoms with van der Waals surface area (Å²) in [6.45, 7) is 6.08. The summed E-state index contributed by atoms with van der Waals surface area (Å²) in [6.07, 6.45) is 8.55. The fraction of sp³-hybridized carbons (Fsp3) is 0.583. The Hall–Kier alpha value is -1.05. The van der Waals surface area contributed by atoms with Crippen molar-refractivity contribution in [3.8, 4) is 0 Å². The smallest absolute Gasteiger partial charge is 0.333 e. The summed E-state index contributed by atoms with van der Waals surface area (Å²) in [5.41, 5.74) is 0.637. The largest absolute Gasteiger partial charge is 0.463 e. The third kappa shape index (κ3) is 3.02. The lowest BCUT2D eigenvalue weighted by atomic mass is 9.93. The van der Waals surface area contributed by atoms with E-state index >= 15 is 0 Å². The molecule has 0 amide bonds. The summed E-state index contributed by atoms with van der Waals surface area (Å²) in [5, 5.41) is 0. The second-order valence-electron chi connectivity index (χ2n) is 3.58. The topological polar surface area (TPSA) is 26.3 Å². The lowest BCUT2D eigenvalue weighted by Gasteiger charge is -2.14. The molecule has 78 valence electrons. The number of carbonyl (C=O) groups excluding carboxylic acids is 1. The van der Waals surface area contributed by atoms with Crippen LogP contribution in [0.4, 0.5) is 0 Å². The van der Waals surface area contributed by atoms with Crippen molar-refractivity contribution in [3.05, 3.63) is 24.3 Å². The number of esters is 1. The average molecular weight is 194 g/mol. The Morgan fingerprint density at radius 2 is 2.36 bits per heavy atom. The van der Waals surface area contributed by atoms with E-state index in [1.54, 1.807) is 0 Å². The van der Waals surface area contributed by atoms with Gasteiger partial charge in [-0.3, -0.25) is 0 Å². The first-order chi connectivity index (χ1) is 6.75. The van der Waals surface area contributed by atoms with Crippen LogP contribution in [-0.2, 0) is 9.53 Å². The van der Waals surface area contributed by atoms with E-state index in [0.717, 1.165) is 25.7 Å². The highest BCUT2D eigenvalue weighted by molar-refractivity contribution is 5.88. The third-order valence-electron chi connectivity index (χ3n) is 2.54. The average Bonchev–Trinajstić information content (AvgIpc) is 2.45. The second kappa shape index (κ2) is 5.63. The number of hydrogen-bond acceptors (Lipinski definition) is 2. The molecule has 0 fully saturated rings. The van der Waals surface area contributed by atoms with Gasteiger partial charge in [-0.2, -0.15) is 0 Å². The molecule has 2 heteroatoms. The predicted octanol–water partition coefficient (Wildman–Crippen LogP) is 2.85. The minimum atomic E-state index is -0.229. The van der Waals surface area contributed by atoms with Gasteiger partial charge in [0.1, 0.15) is 0 Å². The van der Waals surface area contributed by atoms with Crippen LogP contribution < -0.4 is 0 Å². The zero-order valence-corrected chi connectivity index (χ0v) is 8.79. The number of ether oxygens (including phenoxy) is 1. The Kier molecular flexibility index (Phi) is 4.44. The number of carbonyl (C=O) groups is 1. The van der Waals surface area contributed by atoms with Crippen LogP contribution in [0.1, 0.15) is 32.6 Å². The van der Waals surface area contributed by atoms with Gasteiger partial charge in [-0.05, 0) is 38.5 Å². The molecule has 0 N–H and O–H groups in total. The van der Waals surface area contributed by atoms with E-state index in [4.69, 9.17) is 4.74 Å². The highest BCUT2D eigenvalue weighted by Gasteiger charge is 2.19. The Morgan fingerprint density at radius 3 is 3.07 bits per heavy atom. The summed E-state index contributed by atoms with van der Waals surface area (Å²) >= 11 is 0. The van der Waals surface area contributed by atoms with Crippen LogP contribution in [0.15, 0.2) is 24.3 Å². The molecule has 0 saturated carbocycles. The zero-order valence-electron chi connectivity index (χ0n) is 8.79. The predicted molar refractivity (Wildman–Crippen MR) is 56.9 cm³/mol. The van der Waals surface area contributed by atoms with Gasteiger partial charge in [0.05, 0.1) is 6.61 Å². The lowest BCUT2D eigenvalue weighted by molar-refractivity contribution is -0.139. The first-order valence-electron chi connectivity index (χ1n) is 5.26. The molecule has 0 aliphatic heterocycles. The van der Waals surface area contributed by atoms with E-state index in [9.17, 15) is 4.79 Å². The van der Waals surface area contributed by atoms with Gasteiger partial charge in [0.15, 0.2) is 0 Å².